The van der Waals surface area contributed by atoms with Crippen molar-refractivity contribution in [2.24, 2.45) is 0 Å². The zero-order valence-corrected chi connectivity index (χ0v) is 14.9. The molecule has 0 heterocycles. The Kier molecular flexibility index (Phi) is 6.08. The molecule has 1 saturated carbocycles. The van der Waals surface area contributed by atoms with Crippen molar-refractivity contribution in [3.63, 3.8) is 0 Å². The Hall–Kier alpha value is -0.580. The van der Waals surface area contributed by atoms with Crippen LogP contribution in [0.15, 0.2) is 22.7 Å². The largest absolute Gasteiger partial charge is 0.391 e. The fraction of sp³-hybridized carbons (Fsp3) is 0.647. The van der Waals surface area contributed by atoms with E-state index in [9.17, 15) is 5.11 Å². The maximum absolute atomic E-state index is 10.2. The van der Waals surface area contributed by atoms with Gasteiger partial charge in [-0.15, -0.1) is 0 Å². The summed E-state index contributed by atoms with van der Waals surface area (Å²) >= 11 is 3.68. The molecule has 0 saturated heterocycles. The van der Waals surface area contributed by atoms with Gasteiger partial charge >= 0.3 is 0 Å². The molecule has 3 nitrogen and oxygen atoms in total. The summed E-state index contributed by atoms with van der Waals surface area (Å²) in [6, 6.07) is 7.21. The Bertz CT molecular complexity index is 464. The minimum atomic E-state index is -0.204. The number of anilines is 1. The molecule has 0 aliphatic heterocycles. The third kappa shape index (κ3) is 4.44. The van der Waals surface area contributed by atoms with Gasteiger partial charge < -0.3 is 15.3 Å². The average Bonchev–Trinajstić information content (AvgIpc) is 2.45. The molecule has 0 amide bonds. The Morgan fingerprint density at radius 3 is 2.67 bits per heavy atom. The third-order valence-electron chi connectivity index (χ3n) is 4.34. The normalized spacial score (nSPS) is 22.6. The van der Waals surface area contributed by atoms with E-state index in [1.165, 1.54) is 17.7 Å². The molecule has 118 valence electrons. The van der Waals surface area contributed by atoms with E-state index in [4.69, 9.17) is 0 Å². The van der Waals surface area contributed by atoms with E-state index in [1.54, 1.807) is 0 Å². The first kappa shape index (κ1) is 16.8. The van der Waals surface area contributed by atoms with Gasteiger partial charge in [0, 0.05) is 29.8 Å². The maximum Gasteiger partial charge on any atom is 0.0743 e. The van der Waals surface area contributed by atoms with E-state index in [-0.39, 0.29) is 12.1 Å². The van der Waals surface area contributed by atoms with Crippen molar-refractivity contribution in [2.75, 3.05) is 11.9 Å². The van der Waals surface area contributed by atoms with E-state index < -0.39 is 0 Å². The number of benzene rings is 1. The lowest BCUT2D eigenvalue weighted by atomic mass is 9.91. The van der Waals surface area contributed by atoms with Crippen LogP contribution in [0.25, 0.3) is 0 Å². The molecular formula is C17H27BrN2O. The summed E-state index contributed by atoms with van der Waals surface area (Å²) in [5, 5.41) is 13.6. The Balaban J connectivity index is 2.07. The van der Waals surface area contributed by atoms with Crippen molar-refractivity contribution >= 4 is 21.6 Å². The number of hydrogen-bond donors (Lipinski definition) is 2. The van der Waals surface area contributed by atoms with E-state index in [2.05, 4.69) is 65.2 Å². The highest BCUT2D eigenvalue weighted by Gasteiger charge is 2.26. The van der Waals surface area contributed by atoms with Gasteiger partial charge in [-0.3, -0.25) is 0 Å². The van der Waals surface area contributed by atoms with Crippen LogP contribution in [0.2, 0.25) is 0 Å². The number of rotatable bonds is 5. The monoisotopic (exact) mass is 354 g/mol. The lowest BCUT2D eigenvalue weighted by molar-refractivity contribution is 0.106. The minimum Gasteiger partial charge on any atom is -0.391 e. The number of aliphatic hydroxyl groups excluding tert-OH is 1. The van der Waals surface area contributed by atoms with Crippen molar-refractivity contribution in [3.8, 4) is 0 Å². The molecule has 2 unspecified atom stereocenters. The van der Waals surface area contributed by atoms with E-state index in [0.717, 1.165) is 30.3 Å². The predicted octanol–water partition coefficient (Wildman–Crippen LogP) is 3.69. The van der Waals surface area contributed by atoms with Gasteiger partial charge in [-0.05, 0) is 30.5 Å². The zero-order valence-electron chi connectivity index (χ0n) is 13.3. The van der Waals surface area contributed by atoms with Crippen molar-refractivity contribution in [3.05, 3.63) is 28.2 Å². The summed E-state index contributed by atoms with van der Waals surface area (Å²) in [6.07, 6.45) is 4.15. The number of nitrogens with one attached hydrogen (secondary N) is 1. The van der Waals surface area contributed by atoms with E-state index in [0.29, 0.717) is 6.04 Å². The fourth-order valence-electron chi connectivity index (χ4n) is 2.95. The fourth-order valence-corrected chi connectivity index (χ4v) is 3.45. The summed E-state index contributed by atoms with van der Waals surface area (Å²) < 4.78 is 1.13. The molecule has 0 bridgehead atoms. The summed E-state index contributed by atoms with van der Waals surface area (Å²) in [5.41, 5.74) is 2.44. The van der Waals surface area contributed by atoms with E-state index in [1.807, 2.05) is 0 Å². The van der Waals surface area contributed by atoms with Gasteiger partial charge in [0.15, 0.2) is 0 Å². The van der Waals surface area contributed by atoms with Crippen molar-refractivity contribution in [2.45, 2.75) is 64.3 Å². The van der Waals surface area contributed by atoms with Gasteiger partial charge in [-0.1, -0.05) is 48.7 Å². The first-order valence-corrected chi connectivity index (χ1v) is 8.71. The van der Waals surface area contributed by atoms with Gasteiger partial charge in [0.1, 0.15) is 0 Å². The highest BCUT2D eigenvalue weighted by Crippen LogP contribution is 2.29. The Labute approximate surface area is 136 Å². The van der Waals surface area contributed by atoms with Crippen LogP contribution in [0.4, 0.5) is 5.69 Å². The lowest BCUT2D eigenvalue weighted by Gasteiger charge is -2.36. The number of nitrogens with zero attached hydrogens (tertiary/aromatic N) is 1. The van der Waals surface area contributed by atoms with Crippen LogP contribution >= 0.6 is 15.9 Å². The van der Waals surface area contributed by atoms with Crippen LogP contribution in [0, 0.1) is 0 Å². The van der Waals surface area contributed by atoms with Gasteiger partial charge in [0.25, 0.3) is 0 Å². The molecule has 2 rings (SSSR count). The minimum absolute atomic E-state index is 0.204. The summed E-state index contributed by atoms with van der Waals surface area (Å²) in [7, 11) is 2.09. The molecule has 1 aliphatic carbocycles. The number of hydrogen-bond acceptors (Lipinski definition) is 3. The molecular weight excluding hydrogens is 328 g/mol. The first-order valence-electron chi connectivity index (χ1n) is 7.91. The second-order valence-electron chi connectivity index (χ2n) is 6.34. The molecule has 4 heteroatoms. The van der Waals surface area contributed by atoms with Crippen molar-refractivity contribution in [1.29, 1.82) is 0 Å². The van der Waals surface area contributed by atoms with E-state index >= 15 is 0 Å². The number of aliphatic hydroxyl groups is 1. The van der Waals surface area contributed by atoms with Gasteiger partial charge in [0.05, 0.1) is 12.1 Å². The summed E-state index contributed by atoms with van der Waals surface area (Å²) in [6.45, 7) is 5.18. The summed E-state index contributed by atoms with van der Waals surface area (Å²) in [4.78, 5) is 2.23. The van der Waals surface area contributed by atoms with Crippen LogP contribution in [0.1, 0.15) is 45.1 Å². The standard InChI is InChI=1S/C17H27BrN2O/c1-12(2)19-11-13-8-9-14(10-15(13)18)20(3)16-6-4-5-7-17(16)21/h8-10,12,16-17,19,21H,4-7,11H2,1-3H3. The van der Waals surface area contributed by atoms with Gasteiger partial charge in [-0.25, -0.2) is 0 Å². The zero-order chi connectivity index (χ0) is 15.4. The highest BCUT2D eigenvalue weighted by molar-refractivity contribution is 9.10. The molecule has 21 heavy (non-hydrogen) atoms. The van der Waals surface area contributed by atoms with Crippen LogP contribution < -0.4 is 10.2 Å². The van der Waals surface area contributed by atoms with Crippen molar-refractivity contribution < 1.29 is 5.11 Å². The maximum atomic E-state index is 10.2. The molecule has 1 aromatic carbocycles. The number of likely N-dealkylation sites (N-methyl/N-ethyl adjacent to an activating group) is 1. The van der Waals surface area contributed by atoms with Crippen LogP contribution in [0.3, 0.4) is 0 Å². The predicted molar refractivity (Wildman–Crippen MR) is 92.8 cm³/mol. The molecule has 0 radical (unpaired) electrons. The second-order valence-corrected chi connectivity index (χ2v) is 7.20. The molecule has 2 atom stereocenters. The topological polar surface area (TPSA) is 35.5 Å². The molecule has 0 aromatic heterocycles. The van der Waals surface area contributed by atoms with Crippen molar-refractivity contribution in [1.82, 2.24) is 5.32 Å². The van der Waals surface area contributed by atoms with Gasteiger partial charge in [0.2, 0.25) is 0 Å². The second kappa shape index (κ2) is 7.61. The molecule has 0 spiro atoms. The third-order valence-corrected chi connectivity index (χ3v) is 5.07. The molecule has 2 N–H and O–H groups in total. The molecule has 1 aliphatic rings. The summed E-state index contributed by atoms with van der Waals surface area (Å²) in [5.74, 6) is 0. The van der Waals surface area contributed by atoms with Gasteiger partial charge in [-0.2, -0.15) is 0 Å². The first-order chi connectivity index (χ1) is 9.99. The SMILES string of the molecule is CC(C)NCc1ccc(N(C)C2CCCCC2O)cc1Br. The molecule has 1 fully saturated rings. The van der Waals surface area contributed by atoms with Crippen LogP contribution in [0.5, 0.6) is 0 Å². The lowest BCUT2D eigenvalue weighted by Crippen LogP contribution is -2.43. The Morgan fingerprint density at radius 2 is 2.05 bits per heavy atom. The van der Waals surface area contributed by atoms with Crippen LogP contribution in [-0.2, 0) is 6.54 Å². The smallest absolute Gasteiger partial charge is 0.0743 e. The van der Waals surface area contributed by atoms with Crippen LogP contribution in [-0.4, -0.2) is 30.3 Å². The quantitative estimate of drug-likeness (QED) is 0.846. The number of halogens is 1. The Morgan fingerprint density at radius 1 is 1.33 bits per heavy atom. The average molecular weight is 355 g/mol. The molecule has 1 aromatic rings. The highest BCUT2D eigenvalue weighted by atomic mass is 79.9.